The first kappa shape index (κ1) is 16.5. The summed E-state index contributed by atoms with van der Waals surface area (Å²) >= 11 is 3.64. The molecule has 0 spiro atoms. The largest absolute Gasteiger partial charge is 0.497 e. The maximum Gasteiger partial charge on any atom is 0.119 e. The van der Waals surface area contributed by atoms with E-state index in [0.717, 1.165) is 25.3 Å². The van der Waals surface area contributed by atoms with E-state index in [-0.39, 0.29) is 0 Å². The fraction of sp³-hybridized carbons (Fsp3) is 0.625. The Bertz CT molecular complexity index is 379. The van der Waals surface area contributed by atoms with Crippen LogP contribution in [0.5, 0.6) is 5.75 Å². The highest BCUT2D eigenvalue weighted by Crippen LogP contribution is 2.27. The molecule has 0 fully saturated rings. The van der Waals surface area contributed by atoms with Crippen molar-refractivity contribution in [3.8, 4) is 5.75 Å². The summed E-state index contributed by atoms with van der Waals surface area (Å²) in [5, 5.41) is 3.54. The number of nitrogens with one attached hydrogen (secondary N) is 1. The van der Waals surface area contributed by atoms with Gasteiger partial charge in [-0.15, -0.1) is 0 Å². The van der Waals surface area contributed by atoms with E-state index in [0.29, 0.717) is 11.8 Å². The summed E-state index contributed by atoms with van der Waals surface area (Å²) in [4.78, 5) is 0. The summed E-state index contributed by atoms with van der Waals surface area (Å²) in [5.74, 6) is 2.25. The van der Waals surface area contributed by atoms with E-state index < -0.39 is 0 Å². The van der Waals surface area contributed by atoms with Crippen LogP contribution in [0.15, 0.2) is 22.7 Å². The standard InChI is InChI=1S/C16H26BrNO/c1-5-8-18-11-14(12(2)3)9-13-10-15(19-4)6-7-16(13)17/h6-7,10,12,14,18H,5,8-9,11H2,1-4H3. The van der Waals surface area contributed by atoms with Gasteiger partial charge in [0.05, 0.1) is 7.11 Å². The molecule has 0 aliphatic carbocycles. The highest BCUT2D eigenvalue weighted by Gasteiger charge is 2.15. The molecular formula is C16H26BrNO. The second-order valence-electron chi connectivity index (χ2n) is 5.37. The summed E-state index contributed by atoms with van der Waals surface area (Å²) < 4.78 is 6.49. The number of halogens is 1. The zero-order valence-corrected chi connectivity index (χ0v) is 14.1. The number of hydrogen-bond donors (Lipinski definition) is 1. The minimum absolute atomic E-state index is 0.648. The lowest BCUT2D eigenvalue weighted by molar-refractivity contribution is 0.359. The van der Waals surface area contributed by atoms with Crippen LogP contribution in [0.3, 0.4) is 0 Å². The number of rotatable bonds is 8. The van der Waals surface area contributed by atoms with Crippen LogP contribution in [-0.4, -0.2) is 20.2 Å². The van der Waals surface area contributed by atoms with Crippen molar-refractivity contribution in [3.63, 3.8) is 0 Å². The molecule has 0 saturated carbocycles. The van der Waals surface area contributed by atoms with Crippen molar-refractivity contribution in [3.05, 3.63) is 28.2 Å². The van der Waals surface area contributed by atoms with Crippen molar-refractivity contribution < 1.29 is 4.74 Å². The molecule has 1 N–H and O–H groups in total. The summed E-state index contributed by atoms with van der Waals surface area (Å²) in [6.07, 6.45) is 2.26. The molecule has 1 atom stereocenters. The number of methoxy groups -OCH3 is 1. The van der Waals surface area contributed by atoms with Gasteiger partial charge in [0.25, 0.3) is 0 Å². The van der Waals surface area contributed by atoms with Gasteiger partial charge in [0.2, 0.25) is 0 Å². The fourth-order valence-corrected chi connectivity index (χ4v) is 2.53. The average molecular weight is 328 g/mol. The Hall–Kier alpha value is -0.540. The molecule has 1 aromatic rings. The van der Waals surface area contributed by atoms with Crippen LogP contribution >= 0.6 is 15.9 Å². The summed E-state index contributed by atoms with van der Waals surface area (Å²) in [6.45, 7) is 8.98. The highest BCUT2D eigenvalue weighted by molar-refractivity contribution is 9.10. The SMILES string of the molecule is CCCNCC(Cc1cc(OC)ccc1Br)C(C)C. The second-order valence-corrected chi connectivity index (χ2v) is 6.22. The maximum absolute atomic E-state index is 5.31. The molecule has 0 bridgehead atoms. The zero-order chi connectivity index (χ0) is 14.3. The third kappa shape index (κ3) is 5.53. The van der Waals surface area contributed by atoms with Gasteiger partial charge < -0.3 is 10.1 Å². The molecule has 0 aromatic heterocycles. The van der Waals surface area contributed by atoms with E-state index in [9.17, 15) is 0 Å². The van der Waals surface area contributed by atoms with Crippen molar-refractivity contribution in [2.45, 2.75) is 33.6 Å². The van der Waals surface area contributed by atoms with Gasteiger partial charge in [-0.3, -0.25) is 0 Å². The number of hydrogen-bond acceptors (Lipinski definition) is 2. The van der Waals surface area contributed by atoms with Crippen LogP contribution in [0.4, 0.5) is 0 Å². The first-order valence-corrected chi connectivity index (χ1v) is 7.90. The van der Waals surface area contributed by atoms with E-state index in [2.05, 4.69) is 54.2 Å². The van der Waals surface area contributed by atoms with E-state index >= 15 is 0 Å². The van der Waals surface area contributed by atoms with Gasteiger partial charge >= 0.3 is 0 Å². The van der Waals surface area contributed by atoms with Gasteiger partial charge in [-0.1, -0.05) is 36.7 Å². The second kappa shape index (κ2) is 8.60. The predicted molar refractivity (Wildman–Crippen MR) is 85.9 cm³/mol. The molecule has 19 heavy (non-hydrogen) atoms. The molecule has 2 nitrogen and oxygen atoms in total. The molecule has 0 aliphatic heterocycles. The summed E-state index contributed by atoms with van der Waals surface area (Å²) in [7, 11) is 1.72. The van der Waals surface area contributed by atoms with E-state index in [4.69, 9.17) is 4.74 Å². The van der Waals surface area contributed by atoms with Crippen molar-refractivity contribution in [2.75, 3.05) is 20.2 Å². The Morgan fingerprint density at radius 2 is 2.05 bits per heavy atom. The molecule has 1 unspecified atom stereocenters. The Kier molecular flexibility index (Phi) is 7.47. The average Bonchev–Trinajstić information content (AvgIpc) is 2.39. The van der Waals surface area contributed by atoms with Gasteiger partial charge in [-0.05, 0) is 61.5 Å². The van der Waals surface area contributed by atoms with Crippen LogP contribution in [0.25, 0.3) is 0 Å². The van der Waals surface area contributed by atoms with Crippen LogP contribution < -0.4 is 10.1 Å². The zero-order valence-electron chi connectivity index (χ0n) is 12.5. The summed E-state index contributed by atoms with van der Waals surface area (Å²) in [6, 6.07) is 6.21. The Labute approximate surface area is 126 Å². The predicted octanol–water partition coefficient (Wildman–Crippen LogP) is 4.27. The quantitative estimate of drug-likeness (QED) is 0.720. The molecule has 0 heterocycles. The Morgan fingerprint density at radius 1 is 1.32 bits per heavy atom. The van der Waals surface area contributed by atoms with E-state index in [1.54, 1.807) is 7.11 Å². The van der Waals surface area contributed by atoms with E-state index in [1.807, 2.05) is 6.07 Å². The van der Waals surface area contributed by atoms with Crippen molar-refractivity contribution >= 4 is 15.9 Å². The minimum Gasteiger partial charge on any atom is -0.497 e. The molecule has 0 amide bonds. The lowest BCUT2D eigenvalue weighted by atomic mass is 9.89. The van der Waals surface area contributed by atoms with Gasteiger partial charge in [-0.25, -0.2) is 0 Å². The Balaban J connectivity index is 2.72. The highest BCUT2D eigenvalue weighted by atomic mass is 79.9. The van der Waals surface area contributed by atoms with Crippen molar-refractivity contribution in [1.29, 1.82) is 0 Å². The number of ether oxygens (including phenoxy) is 1. The van der Waals surface area contributed by atoms with Gasteiger partial charge in [0, 0.05) is 4.47 Å². The molecule has 0 saturated heterocycles. The first-order chi connectivity index (χ1) is 9.08. The third-order valence-electron chi connectivity index (χ3n) is 3.51. The monoisotopic (exact) mass is 327 g/mol. The first-order valence-electron chi connectivity index (χ1n) is 7.11. The minimum atomic E-state index is 0.648. The smallest absolute Gasteiger partial charge is 0.119 e. The lowest BCUT2D eigenvalue weighted by Gasteiger charge is -2.22. The van der Waals surface area contributed by atoms with Crippen LogP contribution in [0, 0.1) is 11.8 Å². The van der Waals surface area contributed by atoms with E-state index in [1.165, 1.54) is 16.5 Å². The van der Waals surface area contributed by atoms with Gasteiger partial charge in [0.15, 0.2) is 0 Å². The molecule has 0 radical (unpaired) electrons. The third-order valence-corrected chi connectivity index (χ3v) is 4.28. The van der Waals surface area contributed by atoms with Gasteiger partial charge in [0.1, 0.15) is 5.75 Å². The van der Waals surface area contributed by atoms with Crippen LogP contribution in [0.2, 0.25) is 0 Å². The topological polar surface area (TPSA) is 21.3 Å². The molecule has 108 valence electrons. The van der Waals surface area contributed by atoms with Crippen molar-refractivity contribution in [2.24, 2.45) is 11.8 Å². The molecule has 1 rings (SSSR count). The lowest BCUT2D eigenvalue weighted by Crippen LogP contribution is -2.28. The normalized spacial score (nSPS) is 12.7. The van der Waals surface area contributed by atoms with Gasteiger partial charge in [-0.2, -0.15) is 0 Å². The number of benzene rings is 1. The van der Waals surface area contributed by atoms with Crippen molar-refractivity contribution in [1.82, 2.24) is 5.32 Å². The maximum atomic E-state index is 5.31. The molecule has 3 heteroatoms. The molecular weight excluding hydrogens is 302 g/mol. The van der Waals surface area contributed by atoms with Crippen LogP contribution in [0.1, 0.15) is 32.8 Å². The fourth-order valence-electron chi connectivity index (χ4n) is 2.12. The Morgan fingerprint density at radius 3 is 2.63 bits per heavy atom. The molecule has 1 aromatic carbocycles. The summed E-state index contributed by atoms with van der Waals surface area (Å²) in [5.41, 5.74) is 1.33. The molecule has 0 aliphatic rings. The van der Waals surface area contributed by atoms with Crippen LogP contribution in [-0.2, 0) is 6.42 Å².